The molecule has 3 rings (SSSR count). The van der Waals surface area contributed by atoms with Crippen molar-refractivity contribution in [3.05, 3.63) is 64.7 Å². The van der Waals surface area contributed by atoms with E-state index in [1.165, 1.54) is 0 Å². The van der Waals surface area contributed by atoms with Gasteiger partial charge >= 0.3 is 0 Å². The average Bonchev–Trinajstić information content (AvgIpc) is 2.58. The van der Waals surface area contributed by atoms with Crippen molar-refractivity contribution in [1.29, 1.82) is 0 Å². The number of rotatable bonds is 2. The second-order valence-electron chi connectivity index (χ2n) is 6.01. The second-order valence-corrected chi connectivity index (χ2v) is 6.45. The van der Waals surface area contributed by atoms with Crippen LogP contribution in [0.15, 0.2) is 48.5 Å². The Hall–Kier alpha value is -2.33. The Kier molecular flexibility index (Phi) is 4.58. The smallest absolute Gasteiger partial charge is 0.254 e. The highest BCUT2D eigenvalue weighted by atomic mass is 35.5. The van der Waals surface area contributed by atoms with Gasteiger partial charge in [-0.15, -0.1) is 0 Å². The van der Waals surface area contributed by atoms with Crippen LogP contribution in [0.3, 0.4) is 0 Å². The lowest BCUT2D eigenvalue weighted by atomic mass is 10.1. The van der Waals surface area contributed by atoms with Gasteiger partial charge in [-0.1, -0.05) is 29.3 Å². The highest BCUT2D eigenvalue weighted by molar-refractivity contribution is 6.30. The fourth-order valence-corrected chi connectivity index (χ4v) is 3.10. The van der Waals surface area contributed by atoms with Crippen LogP contribution in [0.5, 0.6) is 0 Å². The molecule has 1 fully saturated rings. The van der Waals surface area contributed by atoms with Crippen molar-refractivity contribution in [2.75, 3.05) is 18.0 Å². The topological polar surface area (TPSA) is 40.6 Å². The van der Waals surface area contributed by atoms with Crippen molar-refractivity contribution in [2.45, 2.75) is 19.9 Å². The molecular formula is C19H19ClN2O2. The normalized spacial score (nSPS) is 18.0. The average molecular weight is 343 g/mol. The largest absolute Gasteiger partial charge is 0.325 e. The van der Waals surface area contributed by atoms with E-state index < -0.39 is 6.04 Å². The minimum absolute atomic E-state index is 0.0791. The Labute approximate surface area is 146 Å². The third-order valence-electron chi connectivity index (χ3n) is 4.32. The van der Waals surface area contributed by atoms with Gasteiger partial charge < -0.3 is 9.80 Å². The maximum absolute atomic E-state index is 12.7. The first-order valence-electron chi connectivity index (χ1n) is 7.92. The number of hydrogen-bond donors (Lipinski definition) is 0. The summed E-state index contributed by atoms with van der Waals surface area (Å²) in [6, 6.07) is 14.1. The van der Waals surface area contributed by atoms with Crippen LogP contribution < -0.4 is 4.90 Å². The molecule has 2 aromatic carbocycles. The summed E-state index contributed by atoms with van der Waals surface area (Å²) in [6.07, 6.45) is 0. The lowest BCUT2D eigenvalue weighted by molar-refractivity contribution is -0.124. The zero-order chi connectivity index (χ0) is 17.3. The molecule has 0 saturated carbocycles. The van der Waals surface area contributed by atoms with E-state index in [2.05, 4.69) is 0 Å². The van der Waals surface area contributed by atoms with E-state index in [0.717, 1.165) is 11.3 Å². The number of carbonyl (C=O) groups excluding carboxylic acids is 2. The van der Waals surface area contributed by atoms with E-state index >= 15 is 0 Å². The molecule has 4 nitrogen and oxygen atoms in total. The highest BCUT2D eigenvalue weighted by Gasteiger charge is 2.35. The number of amides is 2. The fraction of sp³-hybridized carbons (Fsp3) is 0.263. The number of nitrogens with zero attached hydrogens (tertiary/aromatic N) is 2. The van der Waals surface area contributed by atoms with Crippen LogP contribution in [0.2, 0.25) is 5.02 Å². The predicted octanol–water partition coefficient (Wildman–Crippen LogP) is 3.53. The summed E-state index contributed by atoms with van der Waals surface area (Å²) < 4.78 is 0. The van der Waals surface area contributed by atoms with Gasteiger partial charge in [0.25, 0.3) is 5.91 Å². The lowest BCUT2D eigenvalue weighted by Crippen LogP contribution is -2.57. The second kappa shape index (κ2) is 6.65. The molecule has 0 aromatic heterocycles. The molecule has 1 aliphatic heterocycles. The Morgan fingerprint density at radius 1 is 1.12 bits per heavy atom. The van der Waals surface area contributed by atoms with Crippen LogP contribution in [0, 0.1) is 6.92 Å². The van der Waals surface area contributed by atoms with Gasteiger partial charge in [0.1, 0.15) is 6.04 Å². The summed E-state index contributed by atoms with van der Waals surface area (Å²) in [5.74, 6) is -0.181. The summed E-state index contributed by atoms with van der Waals surface area (Å²) in [6.45, 7) is 4.70. The van der Waals surface area contributed by atoms with Crippen molar-refractivity contribution in [2.24, 2.45) is 0 Å². The van der Waals surface area contributed by atoms with Crippen molar-refractivity contribution < 1.29 is 9.59 Å². The van der Waals surface area contributed by atoms with Crippen molar-refractivity contribution in [3.63, 3.8) is 0 Å². The third-order valence-corrected chi connectivity index (χ3v) is 4.57. The van der Waals surface area contributed by atoms with Gasteiger partial charge in [0.15, 0.2) is 0 Å². The van der Waals surface area contributed by atoms with Gasteiger partial charge in [0.05, 0.1) is 0 Å². The van der Waals surface area contributed by atoms with Crippen LogP contribution >= 0.6 is 11.6 Å². The van der Waals surface area contributed by atoms with Crippen LogP contribution in [-0.4, -0.2) is 35.8 Å². The van der Waals surface area contributed by atoms with Gasteiger partial charge in [0, 0.05) is 29.4 Å². The molecule has 24 heavy (non-hydrogen) atoms. The number of piperazine rings is 1. The molecule has 1 saturated heterocycles. The van der Waals surface area contributed by atoms with E-state index in [9.17, 15) is 9.59 Å². The number of halogens is 1. The van der Waals surface area contributed by atoms with Gasteiger partial charge in [-0.25, -0.2) is 0 Å². The van der Waals surface area contributed by atoms with E-state index in [4.69, 9.17) is 11.6 Å². The third kappa shape index (κ3) is 3.15. The van der Waals surface area contributed by atoms with Gasteiger partial charge in [-0.05, 0) is 50.2 Å². The van der Waals surface area contributed by atoms with Crippen molar-refractivity contribution in [3.8, 4) is 0 Å². The standard InChI is InChI=1S/C19H19ClN2O2/c1-13-4-3-5-15(12-13)19(24)21-10-11-22(18(23)14(21)2)17-8-6-16(20)7-9-17/h3-9,12,14H,10-11H2,1-2H3/t14-/m0/s1. The fourth-order valence-electron chi connectivity index (χ4n) is 2.97. The maximum atomic E-state index is 12.7. The van der Waals surface area contributed by atoms with Gasteiger partial charge in [-0.2, -0.15) is 0 Å². The summed E-state index contributed by atoms with van der Waals surface area (Å²) >= 11 is 5.90. The Balaban J connectivity index is 1.79. The number of carbonyl (C=O) groups is 2. The Morgan fingerprint density at radius 3 is 2.50 bits per heavy atom. The molecule has 2 amide bonds. The van der Waals surface area contributed by atoms with E-state index in [-0.39, 0.29) is 11.8 Å². The minimum Gasteiger partial charge on any atom is -0.325 e. The zero-order valence-corrected chi connectivity index (χ0v) is 14.5. The molecule has 124 valence electrons. The molecule has 0 unspecified atom stereocenters. The molecular weight excluding hydrogens is 324 g/mol. The summed E-state index contributed by atoms with van der Waals surface area (Å²) in [7, 11) is 0. The molecule has 0 radical (unpaired) electrons. The van der Waals surface area contributed by atoms with Crippen molar-refractivity contribution >= 4 is 29.1 Å². The van der Waals surface area contributed by atoms with E-state index in [0.29, 0.717) is 23.7 Å². The predicted molar refractivity (Wildman–Crippen MR) is 95.5 cm³/mol. The maximum Gasteiger partial charge on any atom is 0.254 e. The van der Waals surface area contributed by atoms with Crippen LogP contribution in [0.25, 0.3) is 0 Å². The molecule has 1 heterocycles. The first-order chi connectivity index (χ1) is 11.5. The summed E-state index contributed by atoms with van der Waals surface area (Å²) in [5, 5.41) is 0.632. The molecule has 1 atom stereocenters. The number of aryl methyl sites for hydroxylation is 1. The molecule has 1 aliphatic rings. The first kappa shape index (κ1) is 16.5. The number of benzene rings is 2. The lowest BCUT2D eigenvalue weighted by Gasteiger charge is -2.39. The van der Waals surface area contributed by atoms with Crippen LogP contribution in [0.1, 0.15) is 22.8 Å². The van der Waals surface area contributed by atoms with Gasteiger partial charge in [-0.3, -0.25) is 9.59 Å². The van der Waals surface area contributed by atoms with Gasteiger partial charge in [0.2, 0.25) is 5.91 Å². The highest BCUT2D eigenvalue weighted by Crippen LogP contribution is 2.23. The van der Waals surface area contributed by atoms with Crippen LogP contribution in [0.4, 0.5) is 5.69 Å². The number of hydrogen-bond acceptors (Lipinski definition) is 2. The summed E-state index contributed by atoms with van der Waals surface area (Å²) in [5.41, 5.74) is 2.45. The number of anilines is 1. The molecule has 0 spiro atoms. The Bertz CT molecular complexity index is 773. The summed E-state index contributed by atoms with van der Waals surface area (Å²) in [4.78, 5) is 28.8. The first-order valence-corrected chi connectivity index (χ1v) is 8.30. The van der Waals surface area contributed by atoms with Crippen molar-refractivity contribution in [1.82, 2.24) is 4.90 Å². The molecule has 2 aromatic rings. The van der Waals surface area contributed by atoms with Crippen LogP contribution in [-0.2, 0) is 4.79 Å². The minimum atomic E-state index is -0.498. The molecule has 0 N–H and O–H groups in total. The molecule has 0 bridgehead atoms. The zero-order valence-electron chi connectivity index (χ0n) is 13.7. The quantitative estimate of drug-likeness (QED) is 0.837. The molecule has 0 aliphatic carbocycles. The SMILES string of the molecule is Cc1cccc(C(=O)N2CCN(c3ccc(Cl)cc3)C(=O)[C@@H]2C)c1. The Morgan fingerprint density at radius 2 is 1.83 bits per heavy atom. The monoisotopic (exact) mass is 342 g/mol. The van der Waals surface area contributed by atoms with E-state index in [1.807, 2.05) is 37.3 Å². The van der Waals surface area contributed by atoms with E-state index in [1.54, 1.807) is 34.9 Å². The molecule has 5 heteroatoms.